The van der Waals surface area contributed by atoms with Gasteiger partial charge in [-0.05, 0) is 12.1 Å². The number of sulfone groups is 1. The Balaban J connectivity index is 3.08. The van der Waals surface area contributed by atoms with Gasteiger partial charge in [0, 0.05) is 28.0 Å². The molecule has 1 aromatic carbocycles. The lowest BCUT2D eigenvalue weighted by Crippen LogP contribution is -2.29. The Kier molecular flexibility index (Phi) is 6.08. The van der Waals surface area contributed by atoms with E-state index >= 15 is 0 Å². The number of amides is 1. The monoisotopic (exact) mass is 437 g/mol. The van der Waals surface area contributed by atoms with Gasteiger partial charge in [-0.15, -0.1) is 0 Å². The summed E-state index contributed by atoms with van der Waals surface area (Å²) in [4.78, 5) is 11.5. The molecule has 0 heterocycles. The van der Waals surface area contributed by atoms with Crippen LogP contribution in [0.25, 0.3) is 0 Å². The molecule has 6 nitrogen and oxygen atoms in total. The summed E-state index contributed by atoms with van der Waals surface area (Å²) in [6.07, 6.45) is 1.03. The van der Waals surface area contributed by atoms with Crippen LogP contribution in [-0.2, 0) is 18.9 Å². The Morgan fingerprint density at radius 2 is 1.86 bits per heavy atom. The molecule has 1 rings (SSSR count). The Morgan fingerprint density at radius 1 is 1.29 bits per heavy atom. The standard InChI is InChI=1S/C10H10BrCl2NO5S2/c1-20(16,17)3-2-14-10(15)7-4-6(11)5-8(9(7)12)21(13,18)19/h4-5H,2-3H2,1H3,(H,14,15). The Hall–Kier alpha value is -0.350. The largest absolute Gasteiger partial charge is 0.351 e. The molecule has 0 aliphatic rings. The normalized spacial score (nSPS) is 12.2. The third kappa shape index (κ3) is 5.74. The topological polar surface area (TPSA) is 97.4 Å². The van der Waals surface area contributed by atoms with Crippen LogP contribution in [0.1, 0.15) is 10.4 Å². The maximum absolute atomic E-state index is 11.9. The van der Waals surface area contributed by atoms with Gasteiger partial charge in [0.2, 0.25) is 0 Å². The molecule has 0 bridgehead atoms. The van der Waals surface area contributed by atoms with Crippen LogP contribution in [0.4, 0.5) is 0 Å². The van der Waals surface area contributed by atoms with Crippen molar-refractivity contribution >= 4 is 63.0 Å². The lowest BCUT2D eigenvalue weighted by Gasteiger charge is -2.09. The summed E-state index contributed by atoms with van der Waals surface area (Å²) < 4.78 is 45.0. The molecule has 0 aromatic heterocycles. The van der Waals surface area contributed by atoms with Gasteiger partial charge < -0.3 is 5.32 Å². The minimum Gasteiger partial charge on any atom is -0.351 e. The van der Waals surface area contributed by atoms with Crippen molar-refractivity contribution in [2.75, 3.05) is 18.6 Å². The summed E-state index contributed by atoms with van der Waals surface area (Å²) in [6.45, 7) is -0.122. The van der Waals surface area contributed by atoms with Crippen molar-refractivity contribution in [1.82, 2.24) is 5.32 Å². The van der Waals surface area contributed by atoms with Crippen molar-refractivity contribution in [3.63, 3.8) is 0 Å². The summed E-state index contributed by atoms with van der Waals surface area (Å²) in [7, 11) is -2.11. The Labute approximate surface area is 140 Å². The zero-order valence-electron chi connectivity index (χ0n) is 10.6. The van der Waals surface area contributed by atoms with Gasteiger partial charge in [-0.2, -0.15) is 0 Å². The van der Waals surface area contributed by atoms with E-state index in [0.717, 1.165) is 12.3 Å². The molecule has 1 amide bonds. The molecular weight excluding hydrogens is 429 g/mol. The number of carbonyl (C=O) groups is 1. The number of nitrogens with one attached hydrogen (secondary N) is 1. The quantitative estimate of drug-likeness (QED) is 0.707. The molecule has 0 fully saturated rings. The van der Waals surface area contributed by atoms with E-state index in [-0.39, 0.29) is 22.9 Å². The molecule has 0 saturated heterocycles. The first-order valence-electron chi connectivity index (χ1n) is 5.31. The van der Waals surface area contributed by atoms with Crippen LogP contribution >= 0.6 is 38.2 Å². The van der Waals surface area contributed by atoms with Gasteiger partial charge in [-0.1, -0.05) is 27.5 Å². The first kappa shape index (κ1) is 18.7. The van der Waals surface area contributed by atoms with E-state index in [0.29, 0.717) is 4.47 Å². The number of halogens is 3. The number of hydrogen-bond acceptors (Lipinski definition) is 5. The molecule has 0 saturated carbocycles. The molecule has 1 aromatic rings. The van der Waals surface area contributed by atoms with Crippen LogP contribution in [0, 0.1) is 0 Å². The van der Waals surface area contributed by atoms with E-state index in [1.54, 1.807) is 0 Å². The predicted molar refractivity (Wildman–Crippen MR) is 84.2 cm³/mol. The highest BCUT2D eigenvalue weighted by atomic mass is 79.9. The van der Waals surface area contributed by atoms with Gasteiger partial charge in [-0.25, -0.2) is 16.8 Å². The molecule has 0 spiro atoms. The molecule has 0 aliphatic heterocycles. The summed E-state index contributed by atoms with van der Waals surface area (Å²) in [6, 6.07) is 2.47. The smallest absolute Gasteiger partial charge is 0.262 e. The molecule has 0 aliphatic carbocycles. The second-order valence-corrected chi connectivity index (χ2v) is 10.2. The van der Waals surface area contributed by atoms with E-state index in [9.17, 15) is 21.6 Å². The van der Waals surface area contributed by atoms with Gasteiger partial charge in [0.15, 0.2) is 0 Å². The fourth-order valence-corrected chi connectivity index (χ4v) is 4.01. The van der Waals surface area contributed by atoms with Gasteiger partial charge in [0.1, 0.15) is 14.7 Å². The third-order valence-electron chi connectivity index (χ3n) is 2.27. The zero-order valence-corrected chi connectivity index (χ0v) is 15.3. The van der Waals surface area contributed by atoms with E-state index < -0.39 is 29.7 Å². The van der Waals surface area contributed by atoms with E-state index in [2.05, 4.69) is 21.2 Å². The van der Waals surface area contributed by atoms with Crippen LogP contribution in [0.2, 0.25) is 5.02 Å². The van der Waals surface area contributed by atoms with Crippen molar-refractivity contribution in [3.8, 4) is 0 Å². The predicted octanol–water partition coefficient (Wildman–Crippen LogP) is 1.80. The summed E-state index contributed by atoms with van der Waals surface area (Å²) >= 11 is 8.92. The van der Waals surface area contributed by atoms with Gasteiger partial charge in [0.05, 0.1) is 16.3 Å². The average molecular weight is 439 g/mol. The van der Waals surface area contributed by atoms with Crippen molar-refractivity contribution in [2.24, 2.45) is 0 Å². The van der Waals surface area contributed by atoms with Crippen LogP contribution < -0.4 is 5.32 Å². The van der Waals surface area contributed by atoms with E-state index in [4.69, 9.17) is 22.3 Å². The van der Waals surface area contributed by atoms with E-state index in [1.807, 2.05) is 0 Å². The van der Waals surface area contributed by atoms with Crippen LogP contribution in [0.5, 0.6) is 0 Å². The Morgan fingerprint density at radius 3 is 2.33 bits per heavy atom. The molecule has 0 unspecified atom stereocenters. The maximum Gasteiger partial charge on any atom is 0.262 e. The lowest BCUT2D eigenvalue weighted by molar-refractivity contribution is 0.0956. The third-order valence-corrected chi connectivity index (χ3v) is 5.54. The first-order chi connectivity index (χ1) is 9.42. The number of carbonyl (C=O) groups excluding carboxylic acids is 1. The first-order valence-corrected chi connectivity index (χ1v) is 10.9. The second kappa shape index (κ2) is 6.82. The van der Waals surface area contributed by atoms with Crippen molar-refractivity contribution in [3.05, 3.63) is 27.2 Å². The van der Waals surface area contributed by atoms with Crippen LogP contribution in [0.15, 0.2) is 21.5 Å². The molecule has 118 valence electrons. The number of hydrogen-bond donors (Lipinski definition) is 1. The molecule has 0 atom stereocenters. The summed E-state index contributed by atoms with van der Waals surface area (Å²) in [5, 5.41) is 2.01. The molecular formula is C10H10BrCl2NO5S2. The minimum atomic E-state index is -4.12. The van der Waals surface area contributed by atoms with Gasteiger partial charge >= 0.3 is 0 Å². The minimum absolute atomic E-state index is 0.122. The van der Waals surface area contributed by atoms with E-state index in [1.165, 1.54) is 6.07 Å². The highest BCUT2D eigenvalue weighted by molar-refractivity contribution is 9.10. The summed E-state index contributed by atoms with van der Waals surface area (Å²) in [5.41, 5.74) is -0.126. The number of rotatable bonds is 5. The molecule has 21 heavy (non-hydrogen) atoms. The lowest BCUT2D eigenvalue weighted by atomic mass is 10.2. The fraction of sp³-hybridized carbons (Fsp3) is 0.300. The molecule has 1 N–H and O–H groups in total. The van der Waals surface area contributed by atoms with Gasteiger partial charge in [-0.3, -0.25) is 4.79 Å². The number of benzene rings is 1. The highest BCUT2D eigenvalue weighted by Crippen LogP contribution is 2.31. The van der Waals surface area contributed by atoms with Crippen molar-refractivity contribution in [2.45, 2.75) is 4.90 Å². The Bertz CT molecular complexity index is 777. The molecule has 11 heteroatoms. The molecule has 0 radical (unpaired) electrons. The SMILES string of the molecule is CS(=O)(=O)CCNC(=O)c1cc(Br)cc(S(=O)(=O)Cl)c1Cl. The fourth-order valence-electron chi connectivity index (χ4n) is 1.35. The maximum atomic E-state index is 11.9. The van der Waals surface area contributed by atoms with Crippen molar-refractivity contribution < 1.29 is 21.6 Å². The van der Waals surface area contributed by atoms with Crippen LogP contribution in [0.3, 0.4) is 0 Å². The zero-order chi connectivity index (χ0) is 16.4. The average Bonchev–Trinajstić information content (AvgIpc) is 2.28. The summed E-state index contributed by atoms with van der Waals surface area (Å²) in [5.74, 6) is -0.947. The second-order valence-electron chi connectivity index (χ2n) is 4.09. The highest BCUT2D eigenvalue weighted by Gasteiger charge is 2.22. The van der Waals surface area contributed by atoms with Gasteiger partial charge in [0.25, 0.3) is 15.0 Å². The van der Waals surface area contributed by atoms with Crippen LogP contribution in [-0.4, -0.2) is 41.3 Å². The van der Waals surface area contributed by atoms with Crippen molar-refractivity contribution in [1.29, 1.82) is 0 Å².